The lowest BCUT2D eigenvalue weighted by atomic mass is 10.0. The molecule has 0 aromatic heterocycles. The van der Waals surface area contributed by atoms with Crippen LogP contribution >= 0.6 is 0 Å². The van der Waals surface area contributed by atoms with Crippen LogP contribution in [0.5, 0.6) is 0 Å². The van der Waals surface area contributed by atoms with Crippen LogP contribution in [0.15, 0.2) is 60.7 Å². The summed E-state index contributed by atoms with van der Waals surface area (Å²) in [5.41, 5.74) is 2.55. The van der Waals surface area contributed by atoms with Crippen molar-refractivity contribution in [1.29, 1.82) is 0 Å². The predicted molar refractivity (Wildman–Crippen MR) is 95.0 cm³/mol. The summed E-state index contributed by atoms with van der Waals surface area (Å²) in [4.78, 5) is 24.9. The van der Waals surface area contributed by atoms with Crippen molar-refractivity contribution < 1.29 is 19.4 Å². The van der Waals surface area contributed by atoms with Crippen LogP contribution in [0, 0.1) is 0 Å². The Kier molecular flexibility index (Phi) is 4.84. The number of hydrogen-bond donors (Lipinski definition) is 1. The van der Waals surface area contributed by atoms with Gasteiger partial charge in [0.2, 0.25) is 0 Å². The Hall–Kier alpha value is -3.08. The molecular weight excluding hydrogens is 318 g/mol. The molecule has 1 aliphatic rings. The Bertz CT molecular complexity index is 813. The summed E-state index contributed by atoms with van der Waals surface area (Å²) in [6, 6.07) is 16.9. The van der Waals surface area contributed by atoms with Crippen LogP contribution in [-0.4, -0.2) is 24.0 Å². The van der Waals surface area contributed by atoms with Crippen molar-refractivity contribution in [2.24, 2.45) is 0 Å². The Morgan fingerprint density at radius 2 is 1.80 bits per heavy atom. The van der Waals surface area contributed by atoms with Crippen LogP contribution in [-0.2, 0) is 14.3 Å². The van der Waals surface area contributed by atoms with Crippen LogP contribution in [0.2, 0.25) is 0 Å². The molecule has 3 rings (SSSR count). The first-order valence-corrected chi connectivity index (χ1v) is 8.08. The van der Waals surface area contributed by atoms with Crippen LogP contribution in [0.3, 0.4) is 0 Å². The number of carboxylic acid groups (broad SMARTS) is 1. The van der Waals surface area contributed by atoms with Gasteiger partial charge in [-0.05, 0) is 18.6 Å². The summed E-state index contributed by atoms with van der Waals surface area (Å²) in [5, 5.41) is 8.90. The fraction of sp³-hybridized carbons (Fsp3) is 0.200. The van der Waals surface area contributed by atoms with Crippen molar-refractivity contribution in [3.63, 3.8) is 0 Å². The number of anilines is 1. The highest BCUT2D eigenvalue weighted by molar-refractivity contribution is 6.05. The lowest BCUT2D eigenvalue weighted by molar-refractivity contribution is -0.137. The second kappa shape index (κ2) is 7.21. The van der Waals surface area contributed by atoms with Crippen molar-refractivity contribution in [3.8, 4) is 0 Å². The van der Waals surface area contributed by atoms with E-state index in [0.717, 1.165) is 16.8 Å². The molecule has 1 atom stereocenters. The second-order valence-electron chi connectivity index (χ2n) is 5.87. The molecular formula is C20H19NO4. The van der Waals surface area contributed by atoms with E-state index in [-0.39, 0.29) is 18.4 Å². The molecule has 0 spiro atoms. The minimum absolute atomic E-state index is 0.0180. The van der Waals surface area contributed by atoms with Gasteiger partial charge in [0, 0.05) is 36.4 Å². The van der Waals surface area contributed by atoms with Crippen molar-refractivity contribution in [3.05, 3.63) is 71.8 Å². The van der Waals surface area contributed by atoms with Gasteiger partial charge in [-0.15, -0.1) is 0 Å². The van der Waals surface area contributed by atoms with Gasteiger partial charge in [0.1, 0.15) is 11.9 Å². The number of aliphatic carboxylic acids is 1. The molecule has 0 aliphatic carbocycles. The highest BCUT2D eigenvalue weighted by Crippen LogP contribution is 2.40. The number of para-hydroxylation sites is 1. The second-order valence-corrected chi connectivity index (χ2v) is 5.87. The average molecular weight is 337 g/mol. The molecule has 0 radical (unpaired) electrons. The molecule has 0 fully saturated rings. The Morgan fingerprint density at radius 1 is 1.12 bits per heavy atom. The fourth-order valence-electron chi connectivity index (χ4n) is 2.85. The maximum Gasteiger partial charge on any atom is 0.303 e. The van der Waals surface area contributed by atoms with E-state index in [9.17, 15) is 9.59 Å². The molecule has 5 heteroatoms. The minimum atomic E-state index is -0.863. The first-order chi connectivity index (χ1) is 12.1. The van der Waals surface area contributed by atoms with E-state index >= 15 is 0 Å². The third-order valence-electron chi connectivity index (χ3n) is 4.19. The summed E-state index contributed by atoms with van der Waals surface area (Å²) in [6.45, 7) is 0. The molecule has 5 nitrogen and oxygen atoms in total. The van der Waals surface area contributed by atoms with Gasteiger partial charge in [0.15, 0.2) is 0 Å². The number of hydrogen-bond acceptors (Lipinski definition) is 3. The molecule has 1 N–H and O–H groups in total. The number of ether oxygens (including phenoxy) is 1. The van der Waals surface area contributed by atoms with E-state index in [1.165, 1.54) is 6.08 Å². The summed E-state index contributed by atoms with van der Waals surface area (Å²) in [7, 11) is 1.71. The number of benzene rings is 2. The van der Waals surface area contributed by atoms with Crippen LogP contribution in [0.25, 0.3) is 5.76 Å². The van der Waals surface area contributed by atoms with Crippen molar-refractivity contribution in [2.45, 2.75) is 18.9 Å². The number of fused-ring (bicyclic) bond motifs is 1. The van der Waals surface area contributed by atoms with Crippen molar-refractivity contribution >= 4 is 23.3 Å². The van der Waals surface area contributed by atoms with E-state index < -0.39 is 5.97 Å². The van der Waals surface area contributed by atoms with Crippen LogP contribution < -0.4 is 4.90 Å². The lowest BCUT2D eigenvalue weighted by Crippen LogP contribution is -2.24. The molecule has 2 aromatic carbocycles. The van der Waals surface area contributed by atoms with Crippen LogP contribution in [0.4, 0.5) is 5.69 Å². The topological polar surface area (TPSA) is 66.8 Å². The molecule has 1 amide bonds. The van der Waals surface area contributed by atoms with Gasteiger partial charge < -0.3 is 14.7 Å². The van der Waals surface area contributed by atoms with Gasteiger partial charge in [-0.25, -0.2) is 0 Å². The maximum atomic E-state index is 12.6. The maximum absolute atomic E-state index is 12.6. The molecule has 0 saturated carbocycles. The first kappa shape index (κ1) is 16.8. The third kappa shape index (κ3) is 3.71. The lowest BCUT2D eigenvalue weighted by Gasteiger charge is -2.16. The largest absolute Gasteiger partial charge is 0.485 e. The Labute approximate surface area is 146 Å². The summed E-state index contributed by atoms with van der Waals surface area (Å²) >= 11 is 0. The number of carbonyl (C=O) groups is 2. The smallest absolute Gasteiger partial charge is 0.303 e. The van der Waals surface area contributed by atoms with Gasteiger partial charge in [0.05, 0.1) is 0 Å². The van der Waals surface area contributed by atoms with Crippen molar-refractivity contribution in [2.75, 3.05) is 11.9 Å². The quantitative estimate of drug-likeness (QED) is 0.846. The molecule has 1 aliphatic heterocycles. The molecule has 0 bridgehead atoms. The highest BCUT2D eigenvalue weighted by Gasteiger charge is 2.29. The number of rotatable bonds is 5. The van der Waals surface area contributed by atoms with Gasteiger partial charge in [-0.1, -0.05) is 42.5 Å². The zero-order valence-corrected chi connectivity index (χ0v) is 13.9. The number of likely N-dealkylation sites (N-methyl/N-ethyl adjacent to an activating group) is 1. The Balaban J connectivity index is 1.83. The SMILES string of the molecule is CN(C(=O)/C=C1/OC(CCC(=O)O)c2ccccc21)c1ccccc1. The Morgan fingerprint density at radius 3 is 2.52 bits per heavy atom. The number of amides is 1. The zero-order chi connectivity index (χ0) is 17.8. The van der Waals surface area contributed by atoms with E-state index in [1.54, 1.807) is 11.9 Å². The van der Waals surface area contributed by atoms with Gasteiger partial charge in [0.25, 0.3) is 5.91 Å². The molecule has 128 valence electrons. The van der Waals surface area contributed by atoms with E-state index in [0.29, 0.717) is 12.2 Å². The number of carboxylic acids is 1. The molecule has 1 unspecified atom stereocenters. The van der Waals surface area contributed by atoms with Crippen molar-refractivity contribution in [1.82, 2.24) is 0 Å². The van der Waals surface area contributed by atoms with Gasteiger partial charge in [-0.2, -0.15) is 0 Å². The van der Waals surface area contributed by atoms with Gasteiger partial charge >= 0.3 is 5.97 Å². The molecule has 0 saturated heterocycles. The summed E-state index contributed by atoms with van der Waals surface area (Å²) in [6.07, 6.45) is 1.51. The molecule has 1 heterocycles. The summed E-state index contributed by atoms with van der Waals surface area (Å²) in [5.74, 6) is -0.577. The zero-order valence-electron chi connectivity index (χ0n) is 13.9. The van der Waals surface area contributed by atoms with Gasteiger partial charge in [-0.3, -0.25) is 9.59 Å². The molecule has 2 aromatic rings. The number of carbonyl (C=O) groups excluding carboxylic acids is 1. The average Bonchev–Trinajstić information content (AvgIpc) is 2.98. The normalized spacial score (nSPS) is 17.0. The van der Waals surface area contributed by atoms with E-state index in [4.69, 9.17) is 9.84 Å². The standard InChI is InChI=1S/C20H19NO4/c1-21(14-7-3-2-4-8-14)19(22)13-18-16-10-6-5-9-15(16)17(25-18)11-12-20(23)24/h2-10,13,17H,11-12H2,1H3,(H,23,24)/b18-13+. The summed E-state index contributed by atoms with van der Waals surface area (Å²) < 4.78 is 5.89. The van der Waals surface area contributed by atoms with E-state index in [1.807, 2.05) is 54.6 Å². The van der Waals surface area contributed by atoms with E-state index in [2.05, 4.69) is 0 Å². The third-order valence-corrected chi connectivity index (χ3v) is 4.19. The predicted octanol–water partition coefficient (Wildman–Crippen LogP) is 3.63. The van der Waals surface area contributed by atoms with Crippen LogP contribution in [0.1, 0.15) is 30.1 Å². The molecule has 25 heavy (non-hydrogen) atoms. The fourth-order valence-corrected chi connectivity index (χ4v) is 2.85. The first-order valence-electron chi connectivity index (χ1n) is 8.08. The highest BCUT2D eigenvalue weighted by atomic mass is 16.5. The number of nitrogens with zero attached hydrogens (tertiary/aromatic N) is 1. The monoisotopic (exact) mass is 337 g/mol. The minimum Gasteiger partial charge on any atom is -0.485 e.